The SMILES string of the molecule is CCC(C)c1cc(C)c(O)c(-n2nc3ccccc3n2)c1. The van der Waals surface area contributed by atoms with Gasteiger partial charge in [0.2, 0.25) is 0 Å². The van der Waals surface area contributed by atoms with Gasteiger partial charge >= 0.3 is 0 Å². The van der Waals surface area contributed by atoms with E-state index in [4.69, 9.17) is 0 Å². The number of hydrogen-bond acceptors (Lipinski definition) is 3. The topological polar surface area (TPSA) is 50.9 Å². The van der Waals surface area contributed by atoms with E-state index in [2.05, 4.69) is 24.0 Å². The van der Waals surface area contributed by atoms with Crippen molar-refractivity contribution in [2.24, 2.45) is 0 Å². The number of aromatic nitrogens is 3. The smallest absolute Gasteiger partial charge is 0.146 e. The molecule has 3 aromatic rings. The van der Waals surface area contributed by atoms with E-state index in [0.717, 1.165) is 23.0 Å². The first-order chi connectivity index (χ1) is 10.1. The number of fused-ring (bicyclic) bond motifs is 1. The Morgan fingerprint density at radius 2 is 1.76 bits per heavy atom. The molecule has 1 aromatic heterocycles. The van der Waals surface area contributed by atoms with Gasteiger partial charge in [0.25, 0.3) is 0 Å². The second-order valence-corrected chi connectivity index (χ2v) is 5.49. The summed E-state index contributed by atoms with van der Waals surface area (Å²) >= 11 is 0. The zero-order valence-electron chi connectivity index (χ0n) is 12.5. The number of aryl methyl sites for hydroxylation is 1. The molecular weight excluding hydrogens is 262 g/mol. The Morgan fingerprint density at radius 1 is 1.14 bits per heavy atom. The molecule has 4 nitrogen and oxygen atoms in total. The first-order valence-corrected chi connectivity index (χ1v) is 7.26. The van der Waals surface area contributed by atoms with Gasteiger partial charge in [-0.3, -0.25) is 0 Å². The van der Waals surface area contributed by atoms with Crippen LogP contribution in [0.3, 0.4) is 0 Å². The van der Waals surface area contributed by atoms with Gasteiger partial charge in [0.1, 0.15) is 22.5 Å². The van der Waals surface area contributed by atoms with E-state index in [-0.39, 0.29) is 5.75 Å². The van der Waals surface area contributed by atoms with Crippen LogP contribution in [0.2, 0.25) is 0 Å². The normalized spacial score (nSPS) is 12.7. The number of phenolic OH excluding ortho intramolecular Hbond substituents is 1. The van der Waals surface area contributed by atoms with E-state index in [9.17, 15) is 5.11 Å². The number of rotatable bonds is 3. The summed E-state index contributed by atoms with van der Waals surface area (Å²) in [5, 5.41) is 19.3. The van der Waals surface area contributed by atoms with Crippen LogP contribution >= 0.6 is 0 Å². The average Bonchev–Trinajstić information content (AvgIpc) is 2.92. The molecule has 0 aliphatic rings. The zero-order valence-corrected chi connectivity index (χ0v) is 12.5. The molecule has 2 aromatic carbocycles. The van der Waals surface area contributed by atoms with Crippen LogP contribution in [0.4, 0.5) is 0 Å². The second-order valence-electron chi connectivity index (χ2n) is 5.49. The lowest BCUT2D eigenvalue weighted by Crippen LogP contribution is -2.03. The van der Waals surface area contributed by atoms with Crippen LogP contribution < -0.4 is 0 Å². The van der Waals surface area contributed by atoms with Gasteiger partial charge in [0.15, 0.2) is 0 Å². The lowest BCUT2D eigenvalue weighted by molar-refractivity contribution is 0.463. The molecule has 0 saturated heterocycles. The highest BCUT2D eigenvalue weighted by Gasteiger charge is 2.14. The van der Waals surface area contributed by atoms with Crippen LogP contribution in [0, 0.1) is 6.92 Å². The van der Waals surface area contributed by atoms with E-state index in [1.165, 1.54) is 10.4 Å². The maximum absolute atomic E-state index is 10.4. The Bertz CT molecular complexity index is 759. The Hall–Kier alpha value is -2.36. The minimum atomic E-state index is 0.238. The van der Waals surface area contributed by atoms with Gasteiger partial charge < -0.3 is 5.11 Å². The van der Waals surface area contributed by atoms with Crippen molar-refractivity contribution in [2.75, 3.05) is 0 Å². The molecule has 0 radical (unpaired) electrons. The highest BCUT2D eigenvalue weighted by molar-refractivity contribution is 5.73. The molecule has 0 bridgehead atoms. The van der Waals surface area contributed by atoms with Crippen LogP contribution in [0.1, 0.15) is 37.3 Å². The van der Waals surface area contributed by atoms with Crippen LogP contribution in [0.25, 0.3) is 16.7 Å². The van der Waals surface area contributed by atoms with Crippen LogP contribution in [0.15, 0.2) is 36.4 Å². The summed E-state index contributed by atoms with van der Waals surface area (Å²) in [6, 6.07) is 11.7. The van der Waals surface area contributed by atoms with Gasteiger partial charge in [-0.05, 0) is 48.6 Å². The van der Waals surface area contributed by atoms with Gasteiger partial charge in [-0.15, -0.1) is 15.0 Å². The highest BCUT2D eigenvalue weighted by atomic mass is 16.3. The van der Waals surface area contributed by atoms with Gasteiger partial charge in [-0.25, -0.2) is 0 Å². The third-order valence-electron chi connectivity index (χ3n) is 3.99. The van der Waals surface area contributed by atoms with Crippen molar-refractivity contribution in [2.45, 2.75) is 33.1 Å². The van der Waals surface area contributed by atoms with Gasteiger partial charge in [-0.1, -0.05) is 32.0 Å². The lowest BCUT2D eigenvalue weighted by atomic mass is 9.96. The fourth-order valence-electron chi connectivity index (χ4n) is 2.43. The van der Waals surface area contributed by atoms with E-state index >= 15 is 0 Å². The average molecular weight is 281 g/mol. The molecule has 1 atom stereocenters. The Morgan fingerprint density at radius 3 is 2.33 bits per heavy atom. The van der Waals surface area contributed by atoms with Crippen molar-refractivity contribution in [3.8, 4) is 11.4 Å². The van der Waals surface area contributed by atoms with E-state index in [1.54, 1.807) is 0 Å². The number of nitrogens with zero attached hydrogens (tertiary/aromatic N) is 3. The molecule has 0 aliphatic heterocycles. The summed E-state index contributed by atoms with van der Waals surface area (Å²) in [7, 11) is 0. The molecular formula is C17H19N3O. The molecule has 0 fully saturated rings. The van der Waals surface area contributed by atoms with Crippen molar-refractivity contribution in [1.29, 1.82) is 0 Å². The fourth-order valence-corrected chi connectivity index (χ4v) is 2.43. The quantitative estimate of drug-likeness (QED) is 0.791. The number of phenols is 1. The third kappa shape index (κ3) is 2.37. The Kier molecular flexibility index (Phi) is 3.37. The molecule has 0 aliphatic carbocycles. The van der Waals surface area contributed by atoms with Crippen molar-refractivity contribution in [3.05, 3.63) is 47.5 Å². The second kappa shape index (κ2) is 5.20. The summed E-state index contributed by atoms with van der Waals surface area (Å²) in [6.07, 6.45) is 1.05. The first kappa shape index (κ1) is 13.6. The van der Waals surface area contributed by atoms with Crippen LogP contribution in [-0.2, 0) is 0 Å². The van der Waals surface area contributed by atoms with E-state index in [0.29, 0.717) is 11.6 Å². The van der Waals surface area contributed by atoms with Crippen molar-refractivity contribution in [3.63, 3.8) is 0 Å². The molecule has 4 heteroatoms. The van der Waals surface area contributed by atoms with Gasteiger partial charge in [0.05, 0.1) is 0 Å². The Labute approximate surface area is 124 Å². The molecule has 1 N–H and O–H groups in total. The maximum Gasteiger partial charge on any atom is 0.146 e. The number of benzene rings is 2. The van der Waals surface area contributed by atoms with Crippen molar-refractivity contribution in [1.82, 2.24) is 15.0 Å². The van der Waals surface area contributed by atoms with Crippen molar-refractivity contribution >= 4 is 11.0 Å². The predicted molar refractivity (Wildman–Crippen MR) is 84.0 cm³/mol. The third-order valence-corrected chi connectivity index (χ3v) is 3.99. The van der Waals surface area contributed by atoms with E-state index < -0.39 is 0 Å². The van der Waals surface area contributed by atoms with Crippen LogP contribution in [0.5, 0.6) is 5.75 Å². The summed E-state index contributed by atoms with van der Waals surface area (Å²) in [5.41, 5.74) is 4.34. The van der Waals surface area contributed by atoms with Gasteiger partial charge in [0, 0.05) is 0 Å². The number of hydrogen-bond donors (Lipinski definition) is 1. The summed E-state index contributed by atoms with van der Waals surface area (Å²) in [4.78, 5) is 1.53. The molecule has 108 valence electrons. The molecule has 3 rings (SSSR count). The fraction of sp³-hybridized carbons (Fsp3) is 0.294. The predicted octanol–water partition coefficient (Wildman–Crippen LogP) is 3.95. The molecule has 0 amide bonds. The molecule has 0 saturated carbocycles. The molecule has 0 spiro atoms. The van der Waals surface area contributed by atoms with Crippen molar-refractivity contribution < 1.29 is 5.11 Å². The Balaban J connectivity index is 2.18. The monoisotopic (exact) mass is 281 g/mol. The van der Waals surface area contributed by atoms with E-state index in [1.807, 2.05) is 43.3 Å². The maximum atomic E-state index is 10.4. The molecule has 1 heterocycles. The standard InChI is InChI=1S/C17H19N3O/c1-4-11(2)13-9-12(3)17(21)16(10-13)20-18-14-7-5-6-8-15(14)19-20/h5-11,21H,4H2,1-3H3. The largest absolute Gasteiger partial charge is 0.505 e. The van der Waals surface area contributed by atoms with Crippen LogP contribution in [-0.4, -0.2) is 20.1 Å². The summed E-state index contributed by atoms with van der Waals surface area (Å²) in [6.45, 7) is 6.25. The minimum Gasteiger partial charge on any atom is -0.505 e. The number of aromatic hydroxyl groups is 1. The molecule has 21 heavy (non-hydrogen) atoms. The van der Waals surface area contributed by atoms with Gasteiger partial charge in [-0.2, -0.15) is 0 Å². The highest BCUT2D eigenvalue weighted by Crippen LogP contribution is 2.31. The minimum absolute atomic E-state index is 0.238. The zero-order chi connectivity index (χ0) is 15.0. The first-order valence-electron chi connectivity index (χ1n) is 7.26. The lowest BCUT2D eigenvalue weighted by Gasteiger charge is -2.14. The summed E-state index contributed by atoms with van der Waals surface area (Å²) in [5.74, 6) is 0.676. The molecule has 1 unspecified atom stereocenters. The summed E-state index contributed by atoms with van der Waals surface area (Å²) < 4.78 is 0.